The first-order chi connectivity index (χ1) is 12.8. The number of nitrogens with one attached hydrogen (secondary N) is 1. The normalized spacial score (nSPS) is 11.7. The number of hydrogen-bond donors (Lipinski definition) is 1. The van der Waals surface area contributed by atoms with Crippen LogP contribution in [0.2, 0.25) is 0 Å². The Hall–Kier alpha value is -2.58. The van der Waals surface area contributed by atoms with E-state index in [0.717, 1.165) is 23.1 Å². The van der Waals surface area contributed by atoms with E-state index in [1.807, 2.05) is 6.07 Å². The molecule has 2 rings (SSSR count). The SMILES string of the molecule is CN(Cc1ccc(F)cc1F)C(=O)CCNS(=O)(=O)/C=C/c1ccccc1. The Morgan fingerprint density at radius 1 is 1.15 bits per heavy atom. The highest BCUT2D eigenvalue weighted by Gasteiger charge is 2.13. The smallest absolute Gasteiger partial charge is 0.233 e. The van der Waals surface area contributed by atoms with Gasteiger partial charge in [0.25, 0.3) is 0 Å². The maximum absolute atomic E-state index is 13.6. The lowest BCUT2D eigenvalue weighted by atomic mass is 10.2. The number of halogens is 2. The molecular weight excluding hydrogens is 374 g/mol. The zero-order valence-corrected chi connectivity index (χ0v) is 15.5. The van der Waals surface area contributed by atoms with Gasteiger partial charge in [0.05, 0.1) is 0 Å². The van der Waals surface area contributed by atoms with E-state index in [1.54, 1.807) is 24.3 Å². The maximum Gasteiger partial charge on any atom is 0.233 e. The van der Waals surface area contributed by atoms with Crippen molar-refractivity contribution in [2.75, 3.05) is 13.6 Å². The molecule has 0 saturated heterocycles. The van der Waals surface area contributed by atoms with Gasteiger partial charge in [-0.2, -0.15) is 0 Å². The Morgan fingerprint density at radius 3 is 2.52 bits per heavy atom. The van der Waals surface area contributed by atoms with Gasteiger partial charge in [-0.25, -0.2) is 21.9 Å². The summed E-state index contributed by atoms with van der Waals surface area (Å²) < 4.78 is 52.7. The molecule has 0 aromatic heterocycles. The van der Waals surface area contributed by atoms with Crippen LogP contribution in [-0.2, 0) is 21.4 Å². The van der Waals surface area contributed by atoms with Gasteiger partial charge >= 0.3 is 0 Å². The number of amides is 1. The predicted octanol–water partition coefficient (Wildman–Crippen LogP) is 2.90. The number of hydrogen-bond acceptors (Lipinski definition) is 3. The average molecular weight is 394 g/mol. The van der Waals surface area contributed by atoms with Gasteiger partial charge in [-0.1, -0.05) is 36.4 Å². The van der Waals surface area contributed by atoms with E-state index in [-0.39, 0.29) is 31.0 Å². The lowest BCUT2D eigenvalue weighted by Crippen LogP contribution is -2.31. The highest BCUT2D eigenvalue weighted by Crippen LogP contribution is 2.12. The number of rotatable bonds is 8. The van der Waals surface area contributed by atoms with E-state index in [4.69, 9.17) is 0 Å². The largest absolute Gasteiger partial charge is 0.341 e. The monoisotopic (exact) mass is 394 g/mol. The molecule has 5 nitrogen and oxygen atoms in total. The molecule has 0 fully saturated rings. The molecule has 0 spiro atoms. The molecular formula is C19H20F2N2O3S. The summed E-state index contributed by atoms with van der Waals surface area (Å²) >= 11 is 0. The van der Waals surface area contributed by atoms with Gasteiger partial charge in [0.15, 0.2) is 0 Å². The van der Waals surface area contributed by atoms with Gasteiger partial charge in [0.1, 0.15) is 11.6 Å². The van der Waals surface area contributed by atoms with E-state index in [9.17, 15) is 22.0 Å². The van der Waals surface area contributed by atoms with Crippen LogP contribution in [0.5, 0.6) is 0 Å². The van der Waals surface area contributed by atoms with Crippen LogP contribution in [0.25, 0.3) is 6.08 Å². The van der Waals surface area contributed by atoms with Crippen molar-refractivity contribution in [3.05, 3.63) is 76.7 Å². The summed E-state index contributed by atoms with van der Waals surface area (Å²) in [4.78, 5) is 13.3. The van der Waals surface area contributed by atoms with Gasteiger partial charge in [-0.05, 0) is 17.7 Å². The Kier molecular flexibility index (Phi) is 7.20. The van der Waals surface area contributed by atoms with Crippen LogP contribution in [0.1, 0.15) is 17.5 Å². The molecule has 0 radical (unpaired) electrons. The molecule has 0 unspecified atom stereocenters. The molecule has 27 heavy (non-hydrogen) atoms. The number of nitrogens with zero attached hydrogens (tertiary/aromatic N) is 1. The van der Waals surface area contributed by atoms with Gasteiger partial charge in [-0.15, -0.1) is 0 Å². The predicted molar refractivity (Wildman–Crippen MR) is 99.8 cm³/mol. The minimum Gasteiger partial charge on any atom is -0.341 e. The summed E-state index contributed by atoms with van der Waals surface area (Å²) in [6, 6.07) is 12.1. The Labute approximate surface area is 157 Å². The summed E-state index contributed by atoms with van der Waals surface area (Å²) in [5.74, 6) is -1.79. The first-order valence-electron chi connectivity index (χ1n) is 8.17. The molecule has 0 heterocycles. The van der Waals surface area contributed by atoms with Crippen molar-refractivity contribution in [2.24, 2.45) is 0 Å². The fourth-order valence-corrected chi connectivity index (χ4v) is 3.08. The van der Waals surface area contributed by atoms with Gasteiger partial charge in [-0.3, -0.25) is 4.79 Å². The van der Waals surface area contributed by atoms with Crippen LogP contribution in [0.4, 0.5) is 8.78 Å². The third-order valence-electron chi connectivity index (χ3n) is 3.73. The van der Waals surface area contributed by atoms with Crippen molar-refractivity contribution in [3.8, 4) is 0 Å². The number of benzene rings is 2. The molecule has 0 atom stereocenters. The van der Waals surface area contributed by atoms with Crippen LogP contribution in [0, 0.1) is 11.6 Å². The first-order valence-corrected chi connectivity index (χ1v) is 9.72. The van der Waals surface area contributed by atoms with E-state index in [1.165, 1.54) is 24.1 Å². The van der Waals surface area contributed by atoms with Crippen LogP contribution in [-0.4, -0.2) is 32.8 Å². The highest BCUT2D eigenvalue weighted by atomic mass is 32.2. The molecule has 0 aliphatic rings. The van der Waals surface area contributed by atoms with Crippen molar-refractivity contribution in [1.29, 1.82) is 0 Å². The van der Waals surface area contributed by atoms with Crippen LogP contribution in [0.15, 0.2) is 53.9 Å². The number of sulfonamides is 1. The molecule has 0 aliphatic heterocycles. The zero-order chi connectivity index (χ0) is 19.9. The van der Waals surface area contributed by atoms with Crippen molar-refractivity contribution in [3.63, 3.8) is 0 Å². The van der Waals surface area contributed by atoms with Gasteiger partial charge in [0, 0.05) is 43.6 Å². The lowest BCUT2D eigenvalue weighted by Gasteiger charge is -2.17. The van der Waals surface area contributed by atoms with Gasteiger partial charge in [0.2, 0.25) is 15.9 Å². The molecule has 8 heteroatoms. The lowest BCUT2D eigenvalue weighted by molar-refractivity contribution is -0.130. The second-order valence-electron chi connectivity index (χ2n) is 5.89. The molecule has 144 valence electrons. The van der Waals surface area contributed by atoms with E-state index >= 15 is 0 Å². The third kappa shape index (κ3) is 6.92. The fourth-order valence-electron chi connectivity index (χ4n) is 2.27. The first kappa shape index (κ1) is 20.7. The fraction of sp³-hybridized carbons (Fsp3) is 0.211. The van der Waals surface area contributed by atoms with Crippen LogP contribution < -0.4 is 4.72 Å². The topological polar surface area (TPSA) is 66.5 Å². The molecule has 0 saturated carbocycles. The number of carbonyl (C=O) groups is 1. The standard InChI is InChI=1S/C19H20F2N2O3S/c1-23(14-16-7-8-17(20)13-18(16)21)19(24)9-11-22-27(25,26)12-10-15-5-3-2-4-6-15/h2-8,10,12-13,22H,9,11,14H2,1H3/b12-10+. The second-order valence-corrected chi connectivity index (χ2v) is 7.54. The Morgan fingerprint density at radius 2 is 1.85 bits per heavy atom. The van der Waals surface area contributed by atoms with E-state index < -0.39 is 21.7 Å². The summed E-state index contributed by atoms with van der Waals surface area (Å²) in [5, 5.41) is 1.03. The average Bonchev–Trinajstić information content (AvgIpc) is 2.63. The zero-order valence-electron chi connectivity index (χ0n) is 14.7. The molecule has 0 bridgehead atoms. The molecule has 0 aliphatic carbocycles. The van der Waals surface area contributed by atoms with E-state index in [0.29, 0.717) is 0 Å². The van der Waals surface area contributed by atoms with Crippen LogP contribution >= 0.6 is 0 Å². The van der Waals surface area contributed by atoms with Crippen molar-refractivity contribution < 1.29 is 22.0 Å². The van der Waals surface area contributed by atoms with Crippen molar-refractivity contribution in [1.82, 2.24) is 9.62 Å². The minimum atomic E-state index is -3.67. The molecule has 1 N–H and O–H groups in total. The number of carbonyl (C=O) groups excluding carboxylic acids is 1. The summed E-state index contributed by atoms with van der Waals surface area (Å²) in [7, 11) is -2.21. The molecule has 2 aromatic carbocycles. The van der Waals surface area contributed by atoms with Crippen molar-refractivity contribution in [2.45, 2.75) is 13.0 Å². The third-order valence-corrected chi connectivity index (χ3v) is 4.83. The highest BCUT2D eigenvalue weighted by molar-refractivity contribution is 7.92. The quantitative estimate of drug-likeness (QED) is 0.749. The summed E-state index contributed by atoms with van der Waals surface area (Å²) in [6.07, 6.45) is 1.37. The molecule has 1 amide bonds. The minimum absolute atomic E-state index is 0.0361. The van der Waals surface area contributed by atoms with Gasteiger partial charge < -0.3 is 4.90 Å². The van der Waals surface area contributed by atoms with E-state index in [2.05, 4.69) is 4.72 Å². The summed E-state index contributed by atoms with van der Waals surface area (Å²) in [6.45, 7) is -0.123. The van der Waals surface area contributed by atoms with Crippen molar-refractivity contribution >= 4 is 22.0 Å². The molecule has 2 aromatic rings. The second kappa shape index (κ2) is 9.38. The summed E-state index contributed by atoms with van der Waals surface area (Å²) in [5.41, 5.74) is 0.915. The maximum atomic E-state index is 13.6. The Balaban J connectivity index is 1.83. The Bertz CT molecular complexity index is 916. The van der Waals surface area contributed by atoms with Crippen LogP contribution in [0.3, 0.4) is 0 Å².